The van der Waals surface area contributed by atoms with Gasteiger partial charge in [-0.15, -0.1) is 0 Å². The molecular weight excluding hydrogens is 326 g/mol. The fourth-order valence-electron chi connectivity index (χ4n) is 2.81. The molecule has 128 valence electrons. The minimum absolute atomic E-state index is 0.0455. The summed E-state index contributed by atoms with van der Waals surface area (Å²) < 4.78 is 49.4. The van der Waals surface area contributed by atoms with Gasteiger partial charge in [-0.3, -0.25) is 4.79 Å². The third kappa shape index (κ3) is 3.69. The van der Waals surface area contributed by atoms with Gasteiger partial charge in [0.05, 0.1) is 0 Å². The van der Waals surface area contributed by atoms with Crippen molar-refractivity contribution in [1.29, 1.82) is 0 Å². The predicted molar refractivity (Wildman–Crippen MR) is 82.8 cm³/mol. The molecule has 0 radical (unpaired) electrons. The summed E-state index contributed by atoms with van der Waals surface area (Å²) in [6, 6.07) is 3.84. The van der Waals surface area contributed by atoms with Gasteiger partial charge in [0, 0.05) is 12.8 Å². The number of sulfone groups is 1. The Balaban J connectivity index is 2.04. The minimum atomic E-state index is -3.58. The number of halogens is 2. The molecule has 1 saturated heterocycles. The highest BCUT2D eigenvalue weighted by Gasteiger charge is 2.48. The third-order valence-electron chi connectivity index (χ3n) is 4.25. The second-order valence-corrected chi connectivity index (χ2v) is 8.06. The molecule has 1 amide bonds. The van der Waals surface area contributed by atoms with Crippen LogP contribution in [0.5, 0.6) is 0 Å². The maximum absolute atomic E-state index is 13.6. The SMILES string of the molecule is CS(=O)(=O)C1(C(=O)NCCc2cccc(F)c2F)CCNCC1. The summed E-state index contributed by atoms with van der Waals surface area (Å²) in [6.07, 6.45) is 1.55. The van der Waals surface area contributed by atoms with Crippen LogP contribution in [0.1, 0.15) is 18.4 Å². The van der Waals surface area contributed by atoms with Gasteiger partial charge in [0.2, 0.25) is 5.91 Å². The Morgan fingerprint density at radius 3 is 2.57 bits per heavy atom. The summed E-state index contributed by atoms with van der Waals surface area (Å²) in [6.45, 7) is 0.932. The van der Waals surface area contributed by atoms with E-state index in [0.29, 0.717) is 13.1 Å². The molecule has 0 spiro atoms. The van der Waals surface area contributed by atoms with Gasteiger partial charge in [-0.25, -0.2) is 17.2 Å². The first-order chi connectivity index (χ1) is 10.8. The number of rotatable bonds is 5. The average molecular weight is 346 g/mol. The van der Waals surface area contributed by atoms with Crippen LogP contribution in [0.4, 0.5) is 8.78 Å². The highest BCUT2D eigenvalue weighted by atomic mass is 32.2. The summed E-state index contributed by atoms with van der Waals surface area (Å²) in [4.78, 5) is 12.4. The van der Waals surface area contributed by atoms with E-state index in [9.17, 15) is 22.0 Å². The first-order valence-corrected chi connectivity index (χ1v) is 9.28. The number of carbonyl (C=O) groups excluding carboxylic acids is 1. The molecule has 0 bridgehead atoms. The summed E-state index contributed by atoms with van der Waals surface area (Å²) in [5.74, 6) is -2.46. The Hall–Kier alpha value is -1.54. The van der Waals surface area contributed by atoms with Gasteiger partial charge < -0.3 is 10.6 Å². The summed E-state index contributed by atoms with van der Waals surface area (Å²) in [5.41, 5.74) is 0.143. The molecule has 23 heavy (non-hydrogen) atoms. The van der Waals surface area contributed by atoms with Crippen LogP contribution in [-0.4, -0.2) is 45.0 Å². The molecule has 1 fully saturated rings. The molecule has 1 aromatic carbocycles. The molecule has 5 nitrogen and oxygen atoms in total. The van der Waals surface area contributed by atoms with E-state index in [0.717, 1.165) is 12.3 Å². The Bertz CT molecular complexity index is 686. The van der Waals surface area contributed by atoms with E-state index >= 15 is 0 Å². The molecule has 8 heteroatoms. The quantitative estimate of drug-likeness (QED) is 0.827. The lowest BCUT2D eigenvalue weighted by atomic mass is 9.95. The molecular formula is C15H20F2N2O3S. The number of carbonyl (C=O) groups is 1. The molecule has 1 aromatic rings. The van der Waals surface area contributed by atoms with Crippen molar-refractivity contribution in [2.24, 2.45) is 0 Å². The van der Waals surface area contributed by atoms with Gasteiger partial charge in [0.1, 0.15) is 0 Å². The Morgan fingerprint density at radius 1 is 1.30 bits per heavy atom. The highest BCUT2D eigenvalue weighted by molar-refractivity contribution is 7.92. The molecule has 0 saturated carbocycles. The number of hydrogen-bond acceptors (Lipinski definition) is 4. The Kier molecular flexibility index (Phi) is 5.36. The van der Waals surface area contributed by atoms with Crippen LogP contribution in [0.25, 0.3) is 0 Å². The Labute approximate surface area is 134 Å². The van der Waals surface area contributed by atoms with Crippen molar-refractivity contribution >= 4 is 15.7 Å². The average Bonchev–Trinajstić information content (AvgIpc) is 2.51. The second-order valence-electron chi connectivity index (χ2n) is 5.74. The van der Waals surface area contributed by atoms with Crippen LogP contribution in [0.2, 0.25) is 0 Å². The standard InChI is InChI=1S/C15H20F2N2O3S/c1-23(21,22)15(6-9-18-10-7-15)14(20)19-8-5-11-3-2-4-12(16)13(11)17/h2-4,18H,5-10H2,1H3,(H,19,20). The van der Waals surface area contributed by atoms with Crippen molar-refractivity contribution in [2.75, 3.05) is 25.9 Å². The van der Waals surface area contributed by atoms with Crippen LogP contribution in [0.15, 0.2) is 18.2 Å². The first kappa shape index (κ1) is 17.8. The molecule has 0 atom stereocenters. The number of nitrogens with one attached hydrogen (secondary N) is 2. The molecule has 0 aliphatic carbocycles. The molecule has 1 aliphatic heterocycles. The van der Waals surface area contributed by atoms with E-state index in [1.165, 1.54) is 12.1 Å². The molecule has 2 N–H and O–H groups in total. The highest BCUT2D eigenvalue weighted by Crippen LogP contribution is 2.28. The number of hydrogen-bond donors (Lipinski definition) is 2. The van der Waals surface area contributed by atoms with E-state index < -0.39 is 32.1 Å². The van der Waals surface area contributed by atoms with E-state index in [-0.39, 0.29) is 31.4 Å². The lowest BCUT2D eigenvalue weighted by Crippen LogP contribution is -2.57. The third-order valence-corrected chi connectivity index (χ3v) is 6.26. The lowest BCUT2D eigenvalue weighted by Gasteiger charge is -2.34. The molecule has 1 aliphatic rings. The number of benzene rings is 1. The zero-order valence-corrected chi connectivity index (χ0v) is 13.7. The fraction of sp³-hybridized carbons (Fsp3) is 0.533. The minimum Gasteiger partial charge on any atom is -0.354 e. The van der Waals surface area contributed by atoms with Gasteiger partial charge in [-0.2, -0.15) is 0 Å². The van der Waals surface area contributed by atoms with Crippen LogP contribution in [0, 0.1) is 11.6 Å². The smallest absolute Gasteiger partial charge is 0.241 e. The van der Waals surface area contributed by atoms with E-state index in [1.807, 2.05) is 0 Å². The van der Waals surface area contributed by atoms with Crippen LogP contribution >= 0.6 is 0 Å². The Morgan fingerprint density at radius 2 is 1.96 bits per heavy atom. The van der Waals surface area contributed by atoms with Crippen molar-refractivity contribution in [2.45, 2.75) is 24.0 Å². The monoisotopic (exact) mass is 346 g/mol. The van der Waals surface area contributed by atoms with E-state index in [1.54, 1.807) is 0 Å². The fourth-order valence-corrected chi connectivity index (χ4v) is 4.16. The van der Waals surface area contributed by atoms with Gasteiger partial charge in [-0.1, -0.05) is 12.1 Å². The second kappa shape index (κ2) is 6.92. The van der Waals surface area contributed by atoms with Crippen molar-refractivity contribution < 1.29 is 22.0 Å². The van der Waals surface area contributed by atoms with E-state index in [2.05, 4.69) is 10.6 Å². The summed E-state index contributed by atoms with van der Waals surface area (Å²) in [7, 11) is -3.58. The normalized spacial score (nSPS) is 17.7. The van der Waals surface area contributed by atoms with E-state index in [4.69, 9.17) is 0 Å². The van der Waals surface area contributed by atoms with Crippen molar-refractivity contribution in [1.82, 2.24) is 10.6 Å². The maximum Gasteiger partial charge on any atom is 0.241 e. The maximum atomic E-state index is 13.6. The van der Waals surface area contributed by atoms with Crippen LogP contribution < -0.4 is 10.6 Å². The summed E-state index contributed by atoms with van der Waals surface area (Å²) >= 11 is 0. The lowest BCUT2D eigenvalue weighted by molar-refractivity contribution is -0.124. The molecule has 2 rings (SSSR count). The van der Waals surface area contributed by atoms with Gasteiger partial charge in [0.15, 0.2) is 26.2 Å². The van der Waals surface area contributed by atoms with Crippen LogP contribution in [0.3, 0.4) is 0 Å². The van der Waals surface area contributed by atoms with Crippen molar-refractivity contribution in [3.05, 3.63) is 35.4 Å². The molecule has 0 unspecified atom stereocenters. The van der Waals surface area contributed by atoms with Gasteiger partial charge in [0.25, 0.3) is 0 Å². The number of amides is 1. The number of piperidine rings is 1. The van der Waals surface area contributed by atoms with Gasteiger partial charge in [-0.05, 0) is 44.0 Å². The largest absolute Gasteiger partial charge is 0.354 e. The predicted octanol–water partition coefficient (Wildman–Crippen LogP) is 0.790. The first-order valence-electron chi connectivity index (χ1n) is 7.39. The van der Waals surface area contributed by atoms with Gasteiger partial charge >= 0.3 is 0 Å². The topological polar surface area (TPSA) is 75.3 Å². The summed E-state index contributed by atoms with van der Waals surface area (Å²) in [5, 5.41) is 5.59. The van der Waals surface area contributed by atoms with Crippen LogP contribution in [-0.2, 0) is 21.1 Å². The molecule has 1 heterocycles. The zero-order valence-electron chi connectivity index (χ0n) is 12.9. The zero-order chi connectivity index (χ0) is 17.1. The van der Waals surface area contributed by atoms with Crippen molar-refractivity contribution in [3.63, 3.8) is 0 Å². The van der Waals surface area contributed by atoms with Crippen molar-refractivity contribution in [3.8, 4) is 0 Å². The molecule has 0 aromatic heterocycles.